The summed E-state index contributed by atoms with van der Waals surface area (Å²) in [6, 6.07) is 21.6. The Morgan fingerprint density at radius 3 is 2.20 bits per heavy atom. The van der Waals surface area contributed by atoms with Gasteiger partial charge in [0.25, 0.3) is 0 Å². The predicted octanol–water partition coefficient (Wildman–Crippen LogP) is 3.83. The van der Waals surface area contributed by atoms with Gasteiger partial charge in [-0.2, -0.15) is 4.72 Å². The third kappa shape index (κ3) is 6.04. The number of amides is 1. The molecule has 0 aromatic heterocycles. The standard InChI is InChI=1S/C22H21IN2O4S/c1-29-19-11-13-20(14-12-19)30(27,28)25-21(15-16-5-3-2-4-6-16)22(26)24-18-9-7-17(23)8-10-18/h2-14,21,25H,15H2,1H3,(H,24,26). The highest BCUT2D eigenvalue weighted by Gasteiger charge is 2.26. The lowest BCUT2D eigenvalue weighted by Gasteiger charge is -2.19. The normalized spacial score (nSPS) is 12.2. The molecule has 8 heteroatoms. The van der Waals surface area contributed by atoms with Gasteiger partial charge in [0.2, 0.25) is 15.9 Å². The van der Waals surface area contributed by atoms with Crippen LogP contribution in [0.5, 0.6) is 5.75 Å². The molecule has 0 fully saturated rings. The van der Waals surface area contributed by atoms with Crippen molar-refractivity contribution in [1.82, 2.24) is 4.72 Å². The number of hydrogen-bond donors (Lipinski definition) is 2. The van der Waals surface area contributed by atoms with Crippen LogP contribution in [0.2, 0.25) is 0 Å². The number of carbonyl (C=O) groups excluding carboxylic acids is 1. The van der Waals surface area contributed by atoms with Gasteiger partial charge in [-0.15, -0.1) is 0 Å². The molecule has 0 aliphatic heterocycles. The summed E-state index contributed by atoms with van der Waals surface area (Å²) >= 11 is 2.17. The van der Waals surface area contributed by atoms with Gasteiger partial charge in [0.15, 0.2) is 0 Å². The van der Waals surface area contributed by atoms with Crippen molar-refractivity contribution < 1.29 is 17.9 Å². The van der Waals surface area contributed by atoms with Gasteiger partial charge in [0.05, 0.1) is 12.0 Å². The van der Waals surface area contributed by atoms with E-state index >= 15 is 0 Å². The lowest BCUT2D eigenvalue weighted by atomic mass is 10.1. The SMILES string of the molecule is COc1ccc(S(=O)(=O)NC(Cc2ccccc2)C(=O)Nc2ccc(I)cc2)cc1. The second-order valence-electron chi connectivity index (χ2n) is 6.54. The van der Waals surface area contributed by atoms with E-state index in [1.54, 1.807) is 24.3 Å². The zero-order valence-corrected chi connectivity index (χ0v) is 19.2. The Balaban J connectivity index is 1.84. The van der Waals surface area contributed by atoms with E-state index in [1.165, 1.54) is 19.2 Å². The maximum Gasteiger partial charge on any atom is 0.242 e. The summed E-state index contributed by atoms with van der Waals surface area (Å²) in [7, 11) is -2.41. The van der Waals surface area contributed by atoms with Crippen LogP contribution in [0.1, 0.15) is 5.56 Å². The second-order valence-corrected chi connectivity index (χ2v) is 9.49. The molecule has 0 saturated heterocycles. The minimum Gasteiger partial charge on any atom is -0.497 e. The maximum absolute atomic E-state index is 13.0. The predicted molar refractivity (Wildman–Crippen MR) is 125 cm³/mol. The van der Waals surface area contributed by atoms with Gasteiger partial charge in [-0.3, -0.25) is 4.79 Å². The number of rotatable bonds is 8. The second kappa shape index (κ2) is 10.1. The average Bonchev–Trinajstić information content (AvgIpc) is 2.75. The molecule has 0 saturated carbocycles. The minimum absolute atomic E-state index is 0.0587. The quantitative estimate of drug-likeness (QED) is 0.429. The van der Waals surface area contributed by atoms with Crippen LogP contribution in [0.3, 0.4) is 0 Å². The van der Waals surface area contributed by atoms with Crippen LogP contribution in [0.15, 0.2) is 83.8 Å². The lowest BCUT2D eigenvalue weighted by molar-refractivity contribution is -0.117. The first-order chi connectivity index (χ1) is 14.4. The highest BCUT2D eigenvalue weighted by molar-refractivity contribution is 14.1. The number of benzene rings is 3. The highest BCUT2D eigenvalue weighted by atomic mass is 127. The van der Waals surface area contributed by atoms with Crippen molar-refractivity contribution in [3.8, 4) is 5.75 Å². The minimum atomic E-state index is -3.92. The van der Waals surface area contributed by atoms with Gasteiger partial charge >= 0.3 is 0 Å². The van der Waals surface area contributed by atoms with Gasteiger partial charge in [-0.25, -0.2) is 8.42 Å². The zero-order valence-electron chi connectivity index (χ0n) is 16.2. The van der Waals surface area contributed by atoms with Gasteiger partial charge < -0.3 is 10.1 Å². The Hall–Kier alpha value is -2.43. The molecule has 1 amide bonds. The average molecular weight is 536 g/mol. The number of halogens is 1. The molecular formula is C22H21IN2O4S. The van der Waals surface area contributed by atoms with Crippen molar-refractivity contribution in [2.24, 2.45) is 0 Å². The largest absolute Gasteiger partial charge is 0.497 e. The molecule has 3 aromatic carbocycles. The topological polar surface area (TPSA) is 84.5 Å². The molecule has 1 atom stereocenters. The Kier molecular flexibility index (Phi) is 7.46. The summed E-state index contributed by atoms with van der Waals surface area (Å²) in [5.41, 5.74) is 1.44. The first-order valence-corrected chi connectivity index (χ1v) is 11.7. The molecule has 0 radical (unpaired) electrons. The number of methoxy groups -OCH3 is 1. The van der Waals surface area contributed by atoms with Crippen molar-refractivity contribution in [2.45, 2.75) is 17.4 Å². The molecule has 30 heavy (non-hydrogen) atoms. The molecule has 3 aromatic rings. The zero-order chi connectivity index (χ0) is 21.6. The summed E-state index contributed by atoms with van der Waals surface area (Å²) in [5, 5.41) is 2.79. The van der Waals surface area contributed by atoms with Crippen LogP contribution < -0.4 is 14.8 Å². The smallest absolute Gasteiger partial charge is 0.242 e. The monoisotopic (exact) mass is 536 g/mol. The van der Waals surface area contributed by atoms with Crippen LogP contribution in [-0.4, -0.2) is 27.5 Å². The molecule has 0 heterocycles. The van der Waals surface area contributed by atoms with E-state index in [0.29, 0.717) is 11.4 Å². The summed E-state index contributed by atoms with van der Waals surface area (Å²) in [6.45, 7) is 0. The highest BCUT2D eigenvalue weighted by Crippen LogP contribution is 2.17. The van der Waals surface area contributed by atoms with Crippen molar-refractivity contribution in [3.05, 3.63) is 88.0 Å². The molecule has 0 spiro atoms. The van der Waals surface area contributed by atoms with Crippen molar-refractivity contribution >= 4 is 44.2 Å². The van der Waals surface area contributed by atoms with E-state index < -0.39 is 22.0 Å². The number of carbonyl (C=O) groups is 1. The number of anilines is 1. The van der Waals surface area contributed by atoms with Crippen molar-refractivity contribution in [2.75, 3.05) is 12.4 Å². The first kappa shape index (κ1) is 22.3. The van der Waals surface area contributed by atoms with Crippen molar-refractivity contribution in [1.29, 1.82) is 0 Å². The van der Waals surface area contributed by atoms with Crippen LogP contribution in [0, 0.1) is 3.57 Å². The molecule has 2 N–H and O–H groups in total. The van der Waals surface area contributed by atoms with E-state index in [2.05, 4.69) is 32.6 Å². The van der Waals surface area contributed by atoms with Crippen LogP contribution >= 0.6 is 22.6 Å². The fourth-order valence-electron chi connectivity index (χ4n) is 2.81. The van der Waals surface area contributed by atoms with E-state index in [0.717, 1.165) is 9.13 Å². The molecular weight excluding hydrogens is 515 g/mol. The molecule has 156 valence electrons. The van der Waals surface area contributed by atoms with Gasteiger partial charge in [-0.05, 0) is 83.1 Å². The number of hydrogen-bond acceptors (Lipinski definition) is 4. The third-order valence-electron chi connectivity index (χ3n) is 4.38. The molecule has 6 nitrogen and oxygen atoms in total. The van der Waals surface area contributed by atoms with Crippen LogP contribution in [0.4, 0.5) is 5.69 Å². The molecule has 0 aliphatic carbocycles. The molecule has 3 rings (SSSR count). The first-order valence-electron chi connectivity index (χ1n) is 9.14. The summed E-state index contributed by atoms with van der Waals surface area (Å²) < 4.78 is 34.5. The Labute approximate surface area is 189 Å². The fourth-order valence-corrected chi connectivity index (χ4v) is 4.37. The van der Waals surface area contributed by atoms with Gasteiger partial charge in [0, 0.05) is 9.26 Å². The molecule has 0 aliphatic rings. The van der Waals surface area contributed by atoms with Gasteiger partial charge in [-0.1, -0.05) is 30.3 Å². The number of ether oxygens (including phenoxy) is 1. The Bertz CT molecular complexity index is 1090. The van der Waals surface area contributed by atoms with Crippen LogP contribution in [0.25, 0.3) is 0 Å². The van der Waals surface area contributed by atoms with E-state index in [9.17, 15) is 13.2 Å². The fraction of sp³-hybridized carbons (Fsp3) is 0.136. The van der Waals surface area contributed by atoms with E-state index in [-0.39, 0.29) is 11.3 Å². The Morgan fingerprint density at radius 2 is 1.60 bits per heavy atom. The van der Waals surface area contributed by atoms with E-state index in [1.807, 2.05) is 42.5 Å². The summed E-state index contributed by atoms with van der Waals surface area (Å²) in [4.78, 5) is 13.0. The number of nitrogens with one attached hydrogen (secondary N) is 2. The lowest BCUT2D eigenvalue weighted by Crippen LogP contribution is -2.45. The third-order valence-corrected chi connectivity index (χ3v) is 6.58. The molecule has 0 bridgehead atoms. The van der Waals surface area contributed by atoms with Crippen LogP contribution in [-0.2, 0) is 21.2 Å². The van der Waals surface area contributed by atoms with Gasteiger partial charge in [0.1, 0.15) is 11.8 Å². The maximum atomic E-state index is 13.0. The summed E-state index contributed by atoms with van der Waals surface area (Å²) in [6.07, 6.45) is 0.215. The van der Waals surface area contributed by atoms with E-state index in [4.69, 9.17) is 4.74 Å². The summed E-state index contributed by atoms with van der Waals surface area (Å²) in [5.74, 6) is 0.114. The Morgan fingerprint density at radius 1 is 0.967 bits per heavy atom. The number of sulfonamides is 1. The molecule has 1 unspecified atom stereocenters. The van der Waals surface area contributed by atoms with Crippen molar-refractivity contribution in [3.63, 3.8) is 0 Å².